The summed E-state index contributed by atoms with van der Waals surface area (Å²) >= 11 is 5.77. The number of nitrogens with one attached hydrogen (secondary N) is 2. The fourth-order valence-electron chi connectivity index (χ4n) is 1.73. The van der Waals surface area contributed by atoms with Crippen LogP contribution in [0.15, 0.2) is 48.5 Å². The standard InChI is InChI=1S/C16H15ClN2O4/c1-10(23-12-5-3-2-4-6-12)15(21)18-19-16(22)13-9-11(17)7-8-14(13)20/h2-10,20H,1H3,(H,18,21)(H,19,22)/t10-/m0/s1. The van der Waals surface area contributed by atoms with Crippen LogP contribution in [0.1, 0.15) is 17.3 Å². The van der Waals surface area contributed by atoms with Gasteiger partial charge in [-0.2, -0.15) is 0 Å². The van der Waals surface area contributed by atoms with Gasteiger partial charge in [-0.3, -0.25) is 20.4 Å². The molecule has 7 heteroatoms. The first-order valence-corrected chi connectivity index (χ1v) is 7.15. The molecule has 0 radical (unpaired) electrons. The minimum absolute atomic E-state index is 0.0468. The Labute approximate surface area is 138 Å². The summed E-state index contributed by atoms with van der Waals surface area (Å²) in [6.07, 6.45) is -0.814. The number of hydrogen-bond donors (Lipinski definition) is 3. The number of rotatable bonds is 4. The molecule has 120 valence electrons. The van der Waals surface area contributed by atoms with Crippen molar-refractivity contribution in [2.75, 3.05) is 0 Å². The van der Waals surface area contributed by atoms with Gasteiger partial charge in [0.2, 0.25) is 0 Å². The van der Waals surface area contributed by atoms with E-state index in [-0.39, 0.29) is 11.3 Å². The summed E-state index contributed by atoms with van der Waals surface area (Å²) in [5.74, 6) is -0.933. The van der Waals surface area contributed by atoms with Crippen molar-refractivity contribution in [3.05, 3.63) is 59.1 Å². The van der Waals surface area contributed by atoms with Crippen LogP contribution >= 0.6 is 11.6 Å². The predicted molar refractivity (Wildman–Crippen MR) is 85.3 cm³/mol. The number of aromatic hydroxyl groups is 1. The minimum Gasteiger partial charge on any atom is -0.507 e. The molecule has 2 aromatic carbocycles. The van der Waals surface area contributed by atoms with Crippen molar-refractivity contribution in [2.24, 2.45) is 0 Å². The second-order valence-corrected chi connectivity index (χ2v) is 5.11. The van der Waals surface area contributed by atoms with E-state index in [9.17, 15) is 14.7 Å². The summed E-state index contributed by atoms with van der Waals surface area (Å²) in [5.41, 5.74) is 4.38. The highest BCUT2D eigenvalue weighted by molar-refractivity contribution is 6.31. The summed E-state index contributed by atoms with van der Waals surface area (Å²) < 4.78 is 5.42. The Morgan fingerprint density at radius 3 is 2.52 bits per heavy atom. The summed E-state index contributed by atoms with van der Waals surface area (Å²) in [5, 5.41) is 9.91. The predicted octanol–water partition coefficient (Wildman–Crippen LogP) is 2.27. The van der Waals surface area contributed by atoms with E-state index < -0.39 is 17.9 Å². The van der Waals surface area contributed by atoms with Crippen LogP contribution in [0.4, 0.5) is 0 Å². The van der Waals surface area contributed by atoms with Crippen molar-refractivity contribution in [1.29, 1.82) is 0 Å². The van der Waals surface area contributed by atoms with Gasteiger partial charge in [0.15, 0.2) is 6.10 Å². The molecule has 23 heavy (non-hydrogen) atoms. The van der Waals surface area contributed by atoms with Gasteiger partial charge in [-0.25, -0.2) is 0 Å². The lowest BCUT2D eigenvalue weighted by atomic mass is 10.2. The number of para-hydroxylation sites is 1. The highest BCUT2D eigenvalue weighted by Gasteiger charge is 2.17. The SMILES string of the molecule is C[C@H](Oc1ccccc1)C(=O)NNC(=O)c1cc(Cl)ccc1O. The van der Waals surface area contributed by atoms with E-state index in [0.717, 1.165) is 0 Å². The molecule has 3 N–H and O–H groups in total. The van der Waals surface area contributed by atoms with Gasteiger partial charge in [-0.15, -0.1) is 0 Å². The zero-order valence-corrected chi connectivity index (χ0v) is 13.0. The first-order valence-electron chi connectivity index (χ1n) is 6.78. The molecule has 0 spiro atoms. The van der Waals surface area contributed by atoms with Crippen molar-refractivity contribution in [1.82, 2.24) is 10.9 Å². The van der Waals surface area contributed by atoms with Gasteiger partial charge in [-0.05, 0) is 37.3 Å². The Morgan fingerprint density at radius 1 is 1.13 bits per heavy atom. The largest absolute Gasteiger partial charge is 0.507 e. The van der Waals surface area contributed by atoms with Gasteiger partial charge < -0.3 is 9.84 Å². The maximum Gasteiger partial charge on any atom is 0.279 e. The lowest BCUT2D eigenvalue weighted by Gasteiger charge is -2.15. The fourth-order valence-corrected chi connectivity index (χ4v) is 1.91. The number of carbonyl (C=O) groups excluding carboxylic acids is 2. The molecule has 0 aliphatic carbocycles. The van der Waals surface area contributed by atoms with Crippen molar-refractivity contribution < 1.29 is 19.4 Å². The number of hydrazine groups is 1. The van der Waals surface area contributed by atoms with E-state index >= 15 is 0 Å². The Morgan fingerprint density at radius 2 is 1.83 bits per heavy atom. The first-order chi connectivity index (χ1) is 11.0. The van der Waals surface area contributed by atoms with Crippen LogP contribution in [0, 0.1) is 0 Å². The summed E-state index contributed by atoms with van der Waals surface area (Å²) in [7, 11) is 0. The molecule has 0 aliphatic heterocycles. The highest BCUT2D eigenvalue weighted by Crippen LogP contribution is 2.21. The molecular formula is C16H15ClN2O4. The van der Waals surface area contributed by atoms with Crippen LogP contribution < -0.4 is 15.6 Å². The monoisotopic (exact) mass is 334 g/mol. The molecular weight excluding hydrogens is 320 g/mol. The Kier molecular flexibility index (Phi) is 5.43. The van der Waals surface area contributed by atoms with Gasteiger partial charge in [0.05, 0.1) is 5.56 Å². The zero-order valence-electron chi connectivity index (χ0n) is 12.2. The summed E-state index contributed by atoms with van der Waals surface area (Å²) in [6, 6.07) is 12.9. The molecule has 0 aromatic heterocycles. The van der Waals surface area contributed by atoms with E-state index in [4.69, 9.17) is 16.3 Å². The molecule has 2 rings (SSSR count). The lowest BCUT2D eigenvalue weighted by Crippen LogP contribution is -2.47. The number of amides is 2. The van der Waals surface area contributed by atoms with Crippen molar-refractivity contribution in [2.45, 2.75) is 13.0 Å². The third-order valence-electron chi connectivity index (χ3n) is 2.93. The van der Waals surface area contributed by atoms with Gasteiger partial charge >= 0.3 is 0 Å². The third kappa shape index (κ3) is 4.62. The van der Waals surface area contributed by atoms with Gasteiger partial charge in [0, 0.05) is 5.02 Å². The average molecular weight is 335 g/mol. The molecule has 0 heterocycles. The van der Waals surface area contributed by atoms with E-state index in [1.807, 2.05) is 6.07 Å². The molecule has 0 unspecified atom stereocenters. The van der Waals surface area contributed by atoms with Gasteiger partial charge in [0.1, 0.15) is 11.5 Å². The van der Waals surface area contributed by atoms with Gasteiger partial charge in [-0.1, -0.05) is 29.8 Å². The maximum absolute atomic E-state index is 11.9. The van der Waals surface area contributed by atoms with Crippen LogP contribution in [0.2, 0.25) is 5.02 Å². The molecule has 0 aliphatic rings. The molecule has 2 amide bonds. The number of ether oxygens (including phenoxy) is 1. The molecule has 0 bridgehead atoms. The fraction of sp³-hybridized carbons (Fsp3) is 0.125. The quantitative estimate of drug-likeness (QED) is 0.748. The van der Waals surface area contributed by atoms with Crippen LogP contribution in [-0.2, 0) is 4.79 Å². The Bertz CT molecular complexity index is 706. The normalized spacial score (nSPS) is 11.4. The number of carbonyl (C=O) groups is 2. The van der Waals surface area contributed by atoms with E-state index in [1.54, 1.807) is 31.2 Å². The number of benzene rings is 2. The molecule has 2 aromatic rings. The number of halogens is 1. The topological polar surface area (TPSA) is 87.7 Å². The van der Waals surface area contributed by atoms with Crippen LogP contribution in [0.25, 0.3) is 0 Å². The number of phenols is 1. The number of hydrogen-bond acceptors (Lipinski definition) is 4. The van der Waals surface area contributed by atoms with Crippen molar-refractivity contribution >= 4 is 23.4 Å². The average Bonchev–Trinajstić information content (AvgIpc) is 2.55. The Hall–Kier alpha value is -2.73. The van der Waals surface area contributed by atoms with Gasteiger partial charge in [0.25, 0.3) is 11.8 Å². The van der Waals surface area contributed by atoms with E-state index in [1.165, 1.54) is 18.2 Å². The van der Waals surface area contributed by atoms with Crippen LogP contribution in [-0.4, -0.2) is 23.0 Å². The third-order valence-corrected chi connectivity index (χ3v) is 3.16. The molecule has 0 saturated carbocycles. The Balaban J connectivity index is 1.90. The first kappa shape index (κ1) is 16.6. The molecule has 0 saturated heterocycles. The lowest BCUT2D eigenvalue weighted by molar-refractivity contribution is -0.128. The summed E-state index contributed by atoms with van der Waals surface area (Å²) in [6.45, 7) is 1.55. The molecule has 0 fully saturated rings. The van der Waals surface area contributed by atoms with Crippen molar-refractivity contribution in [3.8, 4) is 11.5 Å². The summed E-state index contributed by atoms with van der Waals surface area (Å²) in [4.78, 5) is 23.8. The molecule has 6 nitrogen and oxygen atoms in total. The second-order valence-electron chi connectivity index (χ2n) is 4.68. The second kappa shape index (κ2) is 7.51. The van der Waals surface area contributed by atoms with E-state index in [0.29, 0.717) is 10.8 Å². The van der Waals surface area contributed by atoms with Crippen molar-refractivity contribution in [3.63, 3.8) is 0 Å². The zero-order chi connectivity index (χ0) is 16.8. The minimum atomic E-state index is -0.814. The highest BCUT2D eigenvalue weighted by atomic mass is 35.5. The van der Waals surface area contributed by atoms with Crippen LogP contribution in [0.5, 0.6) is 11.5 Å². The van der Waals surface area contributed by atoms with E-state index in [2.05, 4.69) is 10.9 Å². The number of phenolic OH excluding ortho intramolecular Hbond substituents is 1. The van der Waals surface area contributed by atoms with Crippen LogP contribution in [0.3, 0.4) is 0 Å². The maximum atomic E-state index is 11.9. The molecule has 1 atom stereocenters. The smallest absolute Gasteiger partial charge is 0.279 e.